The molecular formula is C22H42N3O+. The van der Waals surface area contributed by atoms with E-state index in [1.165, 1.54) is 70.6 Å². The number of hydrogen-bond acceptors (Lipinski definition) is 2. The van der Waals surface area contributed by atoms with Crippen LogP contribution in [0.1, 0.15) is 84.5 Å². The fraction of sp³-hybridized carbons (Fsp3) is 0.818. The number of hydrogen-bond donors (Lipinski definition) is 1. The first kappa shape index (κ1) is 22.9. The van der Waals surface area contributed by atoms with Crippen LogP contribution in [0.4, 0.5) is 0 Å². The Bertz CT molecular complexity index is 422. The van der Waals surface area contributed by atoms with E-state index in [0.717, 1.165) is 30.7 Å². The molecule has 1 aliphatic rings. The molecule has 0 spiro atoms. The second-order valence-electron chi connectivity index (χ2n) is 7.78. The summed E-state index contributed by atoms with van der Waals surface area (Å²) < 4.78 is 1.02. The van der Waals surface area contributed by atoms with E-state index in [1.54, 1.807) is 6.92 Å². The maximum Gasteiger partial charge on any atom is 0.217 e. The minimum Gasteiger partial charge on any atom is -0.351 e. The van der Waals surface area contributed by atoms with Crippen LogP contribution in [0.15, 0.2) is 17.6 Å². The van der Waals surface area contributed by atoms with Crippen molar-refractivity contribution in [1.29, 1.82) is 0 Å². The molecule has 1 aliphatic heterocycles. The summed E-state index contributed by atoms with van der Waals surface area (Å²) in [4.78, 5) is 15.9. The molecule has 0 aromatic rings. The number of nitrogens with zero attached hydrogens (tertiary/aromatic N) is 2. The number of nitrogens with one attached hydrogen (secondary N) is 1. The molecule has 1 N–H and O–H groups in total. The zero-order valence-corrected chi connectivity index (χ0v) is 17.3. The zero-order chi connectivity index (χ0) is 19.1. The van der Waals surface area contributed by atoms with E-state index in [1.807, 2.05) is 6.08 Å². The molecule has 0 fully saturated rings. The lowest BCUT2D eigenvalue weighted by molar-refractivity contribution is -0.935. The number of carbonyl (C=O) groups excluding carboxylic acids is 1. The third-order valence-electron chi connectivity index (χ3n) is 5.79. The van der Waals surface area contributed by atoms with Crippen LogP contribution in [-0.4, -0.2) is 48.9 Å². The van der Waals surface area contributed by atoms with Gasteiger partial charge in [-0.1, -0.05) is 51.0 Å². The Labute approximate surface area is 161 Å². The van der Waals surface area contributed by atoms with E-state index in [4.69, 9.17) is 4.99 Å². The molecule has 0 saturated heterocycles. The molecule has 4 nitrogen and oxygen atoms in total. The maximum absolute atomic E-state index is 11.1. The van der Waals surface area contributed by atoms with Crippen molar-refractivity contribution in [3.63, 3.8) is 0 Å². The van der Waals surface area contributed by atoms with Gasteiger partial charge in [-0.3, -0.25) is 9.28 Å². The summed E-state index contributed by atoms with van der Waals surface area (Å²) >= 11 is 0. The summed E-state index contributed by atoms with van der Waals surface area (Å²) in [5, 5.41) is 2.95. The second-order valence-corrected chi connectivity index (χ2v) is 7.78. The van der Waals surface area contributed by atoms with Gasteiger partial charge in [0.2, 0.25) is 5.91 Å². The van der Waals surface area contributed by atoms with Crippen LogP contribution < -0.4 is 5.32 Å². The Morgan fingerprint density at radius 1 is 1.15 bits per heavy atom. The average Bonchev–Trinajstić information content (AvgIpc) is 3.02. The van der Waals surface area contributed by atoms with Gasteiger partial charge in [0.15, 0.2) is 6.17 Å². The third kappa shape index (κ3) is 8.98. The number of rotatable bonds is 16. The molecule has 0 aliphatic carbocycles. The van der Waals surface area contributed by atoms with Crippen LogP contribution >= 0.6 is 0 Å². The van der Waals surface area contributed by atoms with Crippen molar-refractivity contribution in [3.8, 4) is 0 Å². The minimum absolute atomic E-state index is 0.0663. The first-order chi connectivity index (χ1) is 12.6. The van der Waals surface area contributed by atoms with Gasteiger partial charge in [-0.15, -0.1) is 6.58 Å². The van der Waals surface area contributed by atoms with Crippen molar-refractivity contribution in [2.45, 2.75) is 90.6 Å². The van der Waals surface area contributed by atoms with Gasteiger partial charge in [0.1, 0.15) is 6.54 Å². The van der Waals surface area contributed by atoms with Gasteiger partial charge in [0.25, 0.3) is 0 Å². The van der Waals surface area contributed by atoms with Gasteiger partial charge in [-0.25, -0.2) is 4.99 Å². The molecule has 26 heavy (non-hydrogen) atoms. The van der Waals surface area contributed by atoms with Crippen LogP contribution in [0, 0.1) is 0 Å². The monoisotopic (exact) mass is 364 g/mol. The van der Waals surface area contributed by atoms with Gasteiger partial charge in [-0.2, -0.15) is 0 Å². The Morgan fingerprint density at radius 2 is 1.77 bits per heavy atom. The SMILES string of the molecule is C=CCCCCCCCCCCCC1N=CC[N+]1(CC)CCNC(C)=O. The molecule has 150 valence electrons. The van der Waals surface area contributed by atoms with Crippen molar-refractivity contribution in [3.05, 3.63) is 12.7 Å². The first-order valence-electron chi connectivity index (χ1n) is 10.9. The molecule has 0 aromatic heterocycles. The van der Waals surface area contributed by atoms with Gasteiger partial charge in [0, 0.05) is 13.3 Å². The lowest BCUT2D eigenvalue weighted by Gasteiger charge is -2.38. The van der Waals surface area contributed by atoms with Crippen LogP contribution in [0.25, 0.3) is 0 Å². The molecule has 4 heteroatoms. The average molecular weight is 365 g/mol. The van der Waals surface area contributed by atoms with Gasteiger partial charge in [-0.05, 0) is 26.2 Å². The fourth-order valence-electron chi connectivity index (χ4n) is 3.99. The molecule has 2 unspecified atom stereocenters. The quantitative estimate of drug-likeness (QED) is 0.237. The summed E-state index contributed by atoms with van der Waals surface area (Å²) in [7, 11) is 0. The normalized spacial score (nSPS) is 21.8. The molecule has 0 radical (unpaired) electrons. The Hall–Kier alpha value is -1.16. The smallest absolute Gasteiger partial charge is 0.217 e. The van der Waals surface area contributed by atoms with Crippen molar-refractivity contribution < 1.29 is 9.28 Å². The predicted octanol–water partition coefficient (Wildman–Crippen LogP) is 4.85. The van der Waals surface area contributed by atoms with Crippen molar-refractivity contribution >= 4 is 12.1 Å². The third-order valence-corrected chi connectivity index (χ3v) is 5.79. The summed E-state index contributed by atoms with van der Waals surface area (Å²) in [5.41, 5.74) is 0. The second kappa shape index (κ2) is 14.0. The van der Waals surface area contributed by atoms with Crippen LogP contribution in [-0.2, 0) is 4.79 Å². The molecule has 0 aromatic carbocycles. The number of carbonyl (C=O) groups is 1. The standard InChI is InChI=1S/C22H41N3O/c1-4-6-7-8-9-10-11-12-13-14-15-16-22-24-18-20-25(22,5-2)19-17-23-21(3)26/h4,18,22H,1,5-17,19-20H2,2-3H3/p+1. The number of quaternary nitrogens is 1. The highest BCUT2D eigenvalue weighted by Crippen LogP contribution is 2.24. The highest BCUT2D eigenvalue weighted by molar-refractivity contribution is 5.72. The van der Waals surface area contributed by atoms with E-state index in [0.29, 0.717) is 6.17 Å². The number of unbranched alkanes of at least 4 members (excludes halogenated alkanes) is 9. The van der Waals surface area contributed by atoms with E-state index < -0.39 is 0 Å². The highest BCUT2D eigenvalue weighted by Gasteiger charge is 2.37. The zero-order valence-electron chi connectivity index (χ0n) is 17.3. The molecule has 0 bridgehead atoms. The summed E-state index contributed by atoms with van der Waals surface area (Å²) in [5.74, 6) is 0.0663. The Kier molecular flexibility index (Phi) is 12.3. The molecule has 1 amide bonds. The van der Waals surface area contributed by atoms with Crippen molar-refractivity contribution in [1.82, 2.24) is 5.32 Å². The van der Waals surface area contributed by atoms with Gasteiger partial charge < -0.3 is 5.32 Å². The molecule has 1 rings (SSSR count). The van der Waals surface area contributed by atoms with E-state index in [-0.39, 0.29) is 5.91 Å². The molecule has 2 atom stereocenters. The fourth-order valence-corrected chi connectivity index (χ4v) is 3.99. The first-order valence-corrected chi connectivity index (χ1v) is 10.9. The van der Waals surface area contributed by atoms with Gasteiger partial charge in [0.05, 0.1) is 25.8 Å². The largest absolute Gasteiger partial charge is 0.351 e. The Morgan fingerprint density at radius 3 is 2.35 bits per heavy atom. The summed E-state index contributed by atoms with van der Waals surface area (Å²) in [6.45, 7) is 11.5. The topological polar surface area (TPSA) is 41.5 Å². The van der Waals surface area contributed by atoms with E-state index in [9.17, 15) is 4.79 Å². The number of aliphatic imine (C=N–C) groups is 1. The lowest BCUT2D eigenvalue weighted by Crippen LogP contribution is -2.55. The Balaban J connectivity index is 2.10. The number of amides is 1. The molecule has 1 heterocycles. The van der Waals surface area contributed by atoms with Crippen LogP contribution in [0.2, 0.25) is 0 Å². The predicted molar refractivity (Wildman–Crippen MR) is 112 cm³/mol. The van der Waals surface area contributed by atoms with Gasteiger partial charge >= 0.3 is 0 Å². The van der Waals surface area contributed by atoms with Crippen molar-refractivity contribution in [2.75, 3.05) is 26.2 Å². The maximum atomic E-state index is 11.1. The van der Waals surface area contributed by atoms with E-state index >= 15 is 0 Å². The highest BCUT2D eigenvalue weighted by atomic mass is 16.1. The number of likely N-dealkylation sites (N-methyl/N-ethyl adjacent to an activating group) is 1. The minimum atomic E-state index is 0.0663. The van der Waals surface area contributed by atoms with E-state index in [2.05, 4.69) is 25.0 Å². The molecule has 0 saturated carbocycles. The van der Waals surface area contributed by atoms with Crippen LogP contribution in [0.3, 0.4) is 0 Å². The summed E-state index contributed by atoms with van der Waals surface area (Å²) in [6.07, 6.45) is 19.1. The van der Waals surface area contributed by atoms with Crippen LogP contribution in [0.5, 0.6) is 0 Å². The lowest BCUT2D eigenvalue weighted by atomic mass is 10.0. The summed E-state index contributed by atoms with van der Waals surface area (Å²) in [6, 6.07) is 0. The molecular weight excluding hydrogens is 322 g/mol. The number of allylic oxidation sites excluding steroid dienone is 1. The van der Waals surface area contributed by atoms with Crippen molar-refractivity contribution in [2.24, 2.45) is 4.99 Å².